The molecule has 8 nitrogen and oxygen atoms in total. The van der Waals surface area contributed by atoms with E-state index >= 15 is 0 Å². The van der Waals surface area contributed by atoms with Gasteiger partial charge in [0.15, 0.2) is 0 Å². The standard InChI is InChI=1S/C25H27N3O5/c1-33-25(32)18-11-13-27(14-12-18)24(31)17-7-9-20(10-8-17)26-23(30)19-15-22(29)28(16-19)21-5-3-2-4-6-21/h2-10,18-19H,11-16H2,1H3,(H,26,30). The largest absolute Gasteiger partial charge is 0.469 e. The SMILES string of the molecule is COC(=O)C1CCN(C(=O)c2ccc(NC(=O)C3CC(=O)N(c4ccccc4)C3)cc2)CC1. The molecule has 2 aliphatic rings. The Morgan fingerprint density at radius 1 is 0.939 bits per heavy atom. The lowest BCUT2D eigenvalue weighted by Gasteiger charge is -2.30. The number of likely N-dealkylation sites (tertiary alicyclic amines) is 1. The van der Waals surface area contributed by atoms with Gasteiger partial charge in [-0.3, -0.25) is 19.2 Å². The molecule has 33 heavy (non-hydrogen) atoms. The molecule has 0 saturated carbocycles. The van der Waals surface area contributed by atoms with Crippen molar-refractivity contribution in [3.63, 3.8) is 0 Å². The number of carbonyl (C=O) groups is 4. The van der Waals surface area contributed by atoms with Crippen LogP contribution in [0, 0.1) is 11.8 Å². The van der Waals surface area contributed by atoms with Crippen LogP contribution in [0.3, 0.4) is 0 Å². The summed E-state index contributed by atoms with van der Waals surface area (Å²) in [5, 5.41) is 2.85. The smallest absolute Gasteiger partial charge is 0.308 e. The molecule has 1 atom stereocenters. The zero-order valence-electron chi connectivity index (χ0n) is 18.5. The van der Waals surface area contributed by atoms with Gasteiger partial charge in [-0.25, -0.2) is 0 Å². The first kappa shape index (κ1) is 22.5. The van der Waals surface area contributed by atoms with E-state index in [1.165, 1.54) is 7.11 Å². The summed E-state index contributed by atoms with van der Waals surface area (Å²) in [7, 11) is 1.38. The summed E-state index contributed by atoms with van der Waals surface area (Å²) in [6, 6.07) is 16.1. The molecular weight excluding hydrogens is 422 g/mol. The van der Waals surface area contributed by atoms with Crippen molar-refractivity contribution in [3.05, 3.63) is 60.2 Å². The molecule has 0 radical (unpaired) electrons. The molecule has 8 heteroatoms. The maximum absolute atomic E-state index is 12.8. The fourth-order valence-corrected chi connectivity index (χ4v) is 4.35. The van der Waals surface area contributed by atoms with Crippen molar-refractivity contribution < 1.29 is 23.9 Å². The molecule has 1 unspecified atom stereocenters. The van der Waals surface area contributed by atoms with Crippen LogP contribution in [0.5, 0.6) is 0 Å². The van der Waals surface area contributed by atoms with Gasteiger partial charge in [-0.05, 0) is 49.2 Å². The number of nitrogens with one attached hydrogen (secondary N) is 1. The quantitative estimate of drug-likeness (QED) is 0.708. The molecule has 4 rings (SSSR count). The Morgan fingerprint density at radius 3 is 2.24 bits per heavy atom. The minimum atomic E-state index is -0.435. The highest BCUT2D eigenvalue weighted by molar-refractivity contribution is 6.03. The van der Waals surface area contributed by atoms with Crippen molar-refractivity contribution in [2.75, 3.05) is 37.0 Å². The number of rotatable bonds is 5. The number of piperidine rings is 1. The van der Waals surface area contributed by atoms with Crippen LogP contribution >= 0.6 is 0 Å². The van der Waals surface area contributed by atoms with Crippen LogP contribution in [0.4, 0.5) is 11.4 Å². The van der Waals surface area contributed by atoms with E-state index in [4.69, 9.17) is 4.74 Å². The number of amides is 3. The topological polar surface area (TPSA) is 96.0 Å². The Labute approximate surface area is 192 Å². The number of nitrogens with zero attached hydrogens (tertiary/aromatic N) is 2. The maximum atomic E-state index is 12.8. The monoisotopic (exact) mass is 449 g/mol. The van der Waals surface area contributed by atoms with E-state index in [1.54, 1.807) is 34.1 Å². The van der Waals surface area contributed by atoms with Crippen LogP contribution in [-0.4, -0.2) is 55.3 Å². The molecule has 3 amide bonds. The van der Waals surface area contributed by atoms with Crippen molar-refractivity contribution in [3.8, 4) is 0 Å². The van der Waals surface area contributed by atoms with Gasteiger partial charge in [0.2, 0.25) is 11.8 Å². The van der Waals surface area contributed by atoms with Crippen LogP contribution in [0.2, 0.25) is 0 Å². The number of hydrogen-bond donors (Lipinski definition) is 1. The van der Waals surface area contributed by atoms with Crippen molar-refractivity contribution in [1.29, 1.82) is 0 Å². The first-order valence-electron chi connectivity index (χ1n) is 11.1. The Morgan fingerprint density at radius 2 is 1.61 bits per heavy atom. The number of ether oxygens (including phenoxy) is 1. The van der Waals surface area contributed by atoms with Crippen LogP contribution in [0.15, 0.2) is 54.6 Å². The normalized spacial score (nSPS) is 18.8. The minimum absolute atomic E-state index is 0.0711. The van der Waals surface area contributed by atoms with Gasteiger partial charge in [-0.15, -0.1) is 0 Å². The predicted molar refractivity (Wildman–Crippen MR) is 123 cm³/mol. The molecule has 2 fully saturated rings. The van der Waals surface area contributed by atoms with Gasteiger partial charge in [-0.2, -0.15) is 0 Å². The van der Waals surface area contributed by atoms with Crippen LogP contribution in [0.25, 0.3) is 0 Å². The molecule has 2 aliphatic heterocycles. The van der Waals surface area contributed by atoms with Crippen molar-refractivity contribution in [2.45, 2.75) is 19.3 Å². The van der Waals surface area contributed by atoms with Gasteiger partial charge in [0.1, 0.15) is 0 Å². The molecule has 0 aromatic heterocycles. The second-order valence-electron chi connectivity index (χ2n) is 8.40. The zero-order chi connectivity index (χ0) is 23.4. The number of benzene rings is 2. The van der Waals surface area contributed by atoms with Crippen molar-refractivity contribution >= 4 is 35.1 Å². The van der Waals surface area contributed by atoms with E-state index in [2.05, 4.69) is 5.32 Å². The molecule has 2 aromatic rings. The summed E-state index contributed by atoms with van der Waals surface area (Å²) >= 11 is 0. The van der Waals surface area contributed by atoms with Crippen molar-refractivity contribution in [1.82, 2.24) is 4.90 Å². The summed E-state index contributed by atoms with van der Waals surface area (Å²) in [4.78, 5) is 52.9. The fourth-order valence-electron chi connectivity index (χ4n) is 4.35. The average molecular weight is 450 g/mol. The summed E-state index contributed by atoms with van der Waals surface area (Å²) in [6.07, 6.45) is 1.35. The highest BCUT2D eigenvalue weighted by Crippen LogP contribution is 2.26. The number of hydrogen-bond acceptors (Lipinski definition) is 5. The molecule has 0 aliphatic carbocycles. The Kier molecular flexibility index (Phi) is 6.72. The third-order valence-corrected chi connectivity index (χ3v) is 6.28. The molecule has 2 heterocycles. The van der Waals surface area contributed by atoms with E-state index < -0.39 is 5.92 Å². The van der Waals surface area contributed by atoms with E-state index in [-0.39, 0.29) is 36.0 Å². The Hall–Kier alpha value is -3.68. The van der Waals surface area contributed by atoms with Gasteiger partial charge in [-0.1, -0.05) is 18.2 Å². The van der Waals surface area contributed by atoms with Crippen LogP contribution in [-0.2, 0) is 19.1 Å². The van der Waals surface area contributed by atoms with Gasteiger partial charge in [0.05, 0.1) is 18.9 Å². The molecule has 2 aromatic carbocycles. The van der Waals surface area contributed by atoms with E-state index in [9.17, 15) is 19.2 Å². The highest BCUT2D eigenvalue weighted by Gasteiger charge is 2.35. The first-order chi connectivity index (χ1) is 16.0. The second kappa shape index (κ2) is 9.85. The van der Waals surface area contributed by atoms with Crippen LogP contribution < -0.4 is 10.2 Å². The lowest BCUT2D eigenvalue weighted by Crippen LogP contribution is -2.40. The average Bonchev–Trinajstić information content (AvgIpc) is 3.26. The minimum Gasteiger partial charge on any atom is -0.469 e. The Balaban J connectivity index is 1.31. The van der Waals surface area contributed by atoms with Crippen molar-refractivity contribution in [2.24, 2.45) is 11.8 Å². The van der Waals surface area contributed by atoms with E-state index in [1.807, 2.05) is 30.3 Å². The van der Waals surface area contributed by atoms with Crippen LogP contribution in [0.1, 0.15) is 29.6 Å². The fraction of sp³-hybridized carbons (Fsp3) is 0.360. The van der Waals surface area contributed by atoms with Gasteiger partial charge >= 0.3 is 5.97 Å². The zero-order valence-corrected chi connectivity index (χ0v) is 18.5. The predicted octanol–water partition coefficient (Wildman–Crippen LogP) is 2.70. The highest BCUT2D eigenvalue weighted by atomic mass is 16.5. The number of methoxy groups -OCH3 is 1. The summed E-state index contributed by atoms with van der Waals surface area (Å²) in [5.74, 6) is -1.20. The molecule has 0 bridgehead atoms. The molecular formula is C25H27N3O5. The third kappa shape index (κ3) is 5.05. The van der Waals surface area contributed by atoms with Gasteiger partial charge in [0, 0.05) is 43.0 Å². The van der Waals surface area contributed by atoms with Gasteiger partial charge < -0.3 is 19.9 Å². The lowest BCUT2D eigenvalue weighted by atomic mass is 9.96. The summed E-state index contributed by atoms with van der Waals surface area (Å²) < 4.78 is 4.79. The van der Waals surface area contributed by atoms with E-state index in [0.29, 0.717) is 43.7 Å². The lowest BCUT2D eigenvalue weighted by molar-refractivity contribution is -0.146. The molecule has 172 valence electrons. The number of esters is 1. The third-order valence-electron chi connectivity index (χ3n) is 6.28. The van der Waals surface area contributed by atoms with Gasteiger partial charge in [0.25, 0.3) is 5.91 Å². The maximum Gasteiger partial charge on any atom is 0.308 e. The molecule has 2 saturated heterocycles. The number of carbonyl (C=O) groups excluding carboxylic acids is 4. The second-order valence-corrected chi connectivity index (χ2v) is 8.40. The Bertz CT molecular complexity index is 1030. The van der Waals surface area contributed by atoms with E-state index in [0.717, 1.165) is 5.69 Å². The molecule has 1 N–H and O–H groups in total. The number of anilines is 2. The molecule has 0 spiro atoms. The first-order valence-corrected chi connectivity index (χ1v) is 11.1. The number of para-hydroxylation sites is 1. The summed E-state index contributed by atoms with van der Waals surface area (Å²) in [5.41, 5.74) is 1.89. The summed E-state index contributed by atoms with van der Waals surface area (Å²) in [6.45, 7) is 1.35.